The molecule has 0 fully saturated rings. The molecule has 0 atom stereocenters. The molecule has 0 saturated heterocycles. The number of benzene rings is 1. The fourth-order valence-electron chi connectivity index (χ4n) is 1.12. The summed E-state index contributed by atoms with van der Waals surface area (Å²) < 4.78 is 5.00. The molecule has 0 amide bonds. The number of methoxy groups -OCH3 is 1. The van der Waals surface area contributed by atoms with Crippen LogP contribution in [0, 0.1) is 18.3 Å². The first kappa shape index (κ1) is 8.76. The zero-order chi connectivity index (χ0) is 8.97. The molecule has 2 nitrogen and oxygen atoms in total. The first-order valence-corrected chi connectivity index (χ1v) is 3.77. The van der Waals surface area contributed by atoms with E-state index in [1.54, 1.807) is 7.11 Å². The molecule has 0 spiro atoms. The van der Waals surface area contributed by atoms with Crippen molar-refractivity contribution in [1.82, 2.24) is 0 Å². The second kappa shape index (κ2) is 3.89. The lowest BCUT2D eigenvalue weighted by atomic mass is 10.0. The van der Waals surface area contributed by atoms with Crippen LogP contribution in [0.2, 0.25) is 0 Å². The first-order chi connectivity index (χ1) is 5.79. The van der Waals surface area contributed by atoms with Gasteiger partial charge in [-0.3, -0.25) is 0 Å². The molecule has 0 unspecified atom stereocenters. The lowest BCUT2D eigenvalue weighted by Gasteiger charge is -2.04. The third kappa shape index (κ3) is 1.63. The second-order valence-electron chi connectivity index (χ2n) is 2.63. The molecule has 0 radical (unpaired) electrons. The van der Waals surface area contributed by atoms with Crippen LogP contribution in [-0.2, 0) is 11.3 Å². The van der Waals surface area contributed by atoms with E-state index in [-0.39, 0.29) is 0 Å². The standard InChI is InChI=1S/C10H11NO/c1-8-9(6-11)4-3-5-10(8)7-12-2/h3-5H,7H2,1-2H3. The summed E-state index contributed by atoms with van der Waals surface area (Å²) in [7, 11) is 1.65. The summed E-state index contributed by atoms with van der Waals surface area (Å²) in [5.41, 5.74) is 2.82. The SMILES string of the molecule is COCc1cccc(C#N)c1C. The van der Waals surface area contributed by atoms with Crippen LogP contribution in [0.4, 0.5) is 0 Å². The maximum Gasteiger partial charge on any atom is 0.0994 e. The lowest BCUT2D eigenvalue weighted by Crippen LogP contribution is -1.93. The van der Waals surface area contributed by atoms with Crippen molar-refractivity contribution in [3.63, 3.8) is 0 Å². The average Bonchev–Trinajstić information content (AvgIpc) is 2.09. The Morgan fingerprint density at radius 2 is 2.25 bits per heavy atom. The van der Waals surface area contributed by atoms with E-state index in [1.807, 2.05) is 25.1 Å². The van der Waals surface area contributed by atoms with Crippen molar-refractivity contribution in [3.8, 4) is 6.07 Å². The van der Waals surface area contributed by atoms with Gasteiger partial charge in [0.15, 0.2) is 0 Å². The smallest absolute Gasteiger partial charge is 0.0994 e. The van der Waals surface area contributed by atoms with Crippen molar-refractivity contribution in [2.75, 3.05) is 7.11 Å². The van der Waals surface area contributed by atoms with Gasteiger partial charge in [0, 0.05) is 7.11 Å². The number of rotatable bonds is 2. The Hall–Kier alpha value is -1.33. The Morgan fingerprint density at radius 3 is 2.83 bits per heavy atom. The molecule has 1 aromatic rings. The average molecular weight is 161 g/mol. The van der Waals surface area contributed by atoms with E-state index in [9.17, 15) is 0 Å². The number of hydrogen-bond donors (Lipinski definition) is 0. The Morgan fingerprint density at radius 1 is 1.50 bits per heavy atom. The quantitative estimate of drug-likeness (QED) is 0.664. The van der Waals surface area contributed by atoms with E-state index in [0.29, 0.717) is 6.61 Å². The van der Waals surface area contributed by atoms with Crippen LogP contribution in [0.25, 0.3) is 0 Å². The minimum absolute atomic E-state index is 0.571. The first-order valence-electron chi connectivity index (χ1n) is 3.77. The van der Waals surface area contributed by atoms with Crippen molar-refractivity contribution in [3.05, 3.63) is 34.9 Å². The number of ether oxygens (including phenoxy) is 1. The summed E-state index contributed by atoms with van der Waals surface area (Å²) in [6.07, 6.45) is 0. The fraction of sp³-hybridized carbons (Fsp3) is 0.300. The molecule has 0 aromatic heterocycles. The van der Waals surface area contributed by atoms with Crippen LogP contribution in [0.1, 0.15) is 16.7 Å². The van der Waals surface area contributed by atoms with Crippen LogP contribution in [0.5, 0.6) is 0 Å². The highest BCUT2D eigenvalue weighted by Crippen LogP contribution is 2.13. The normalized spacial score (nSPS) is 9.42. The third-order valence-electron chi connectivity index (χ3n) is 1.87. The molecule has 0 aliphatic carbocycles. The maximum atomic E-state index is 8.72. The molecule has 0 heterocycles. The topological polar surface area (TPSA) is 33.0 Å². The third-order valence-corrected chi connectivity index (χ3v) is 1.87. The second-order valence-corrected chi connectivity index (χ2v) is 2.63. The summed E-state index contributed by atoms with van der Waals surface area (Å²) in [6, 6.07) is 7.80. The van der Waals surface area contributed by atoms with Gasteiger partial charge in [-0.05, 0) is 24.1 Å². The Kier molecular flexibility index (Phi) is 2.84. The van der Waals surface area contributed by atoms with Crippen molar-refractivity contribution >= 4 is 0 Å². The monoisotopic (exact) mass is 161 g/mol. The summed E-state index contributed by atoms with van der Waals surface area (Å²) in [4.78, 5) is 0. The minimum atomic E-state index is 0.571. The van der Waals surface area contributed by atoms with Crippen LogP contribution in [0.15, 0.2) is 18.2 Å². The highest BCUT2D eigenvalue weighted by Gasteiger charge is 2.01. The summed E-state index contributed by atoms with van der Waals surface area (Å²) in [6.45, 7) is 2.51. The molecule has 0 bridgehead atoms. The molecule has 12 heavy (non-hydrogen) atoms. The maximum absolute atomic E-state index is 8.72. The van der Waals surface area contributed by atoms with Gasteiger partial charge in [-0.2, -0.15) is 5.26 Å². The van der Waals surface area contributed by atoms with Crippen LogP contribution >= 0.6 is 0 Å². The summed E-state index contributed by atoms with van der Waals surface area (Å²) >= 11 is 0. The highest BCUT2D eigenvalue weighted by molar-refractivity contribution is 5.41. The van der Waals surface area contributed by atoms with Gasteiger partial charge in [0.25, 0.3) is 0 Å². The molecule has 2 heteroatoms. The number of nitriles is 1. The van der Waals surface area contributed by atoms with Gasteiger partial charge in [0.1, 0.15) is 0 Å². The molecule has 62 valence electrons. The molecule has 0 N–H and O–H groups in total. The molecule has 1 aromatic carbocycles. The van der Waals surface area contributed by atoms with Crippen LogP contribution in [0.3, 0.4) is 0 Å². The number of hydrogen-bond acceptors (Lipinski definition) is 2. The Labute approximate surface area is 72.4 Å². The zero-order valence-corrected chi connectivity index (χ0v) is 7.29. The summed E-state index contributed by atoms with van der Waals surface area (Å²) in [5, 5.41) is 8.72. The highest BCUT2D eigenvalue weighted by atomic mass is 16.5. The molecular formula is C10H11NO. The van der Waals surface area contributed by atoms with Crippen molar-refractivity contribution in [2.45, 2.75) is 13.5 Å². The van der Waals surface area contributed by atoms with E-state index in [1.165, 1.54) is 0 Å². The molecule has 0 aliphatic heterocycles. The van der Waals surface area contributed by atoms with E-state index in [0.717, 1.165) is 16.7 Å². The minimum Gasteiger partial charge on any atom is -0.380 e. The van der Waals surface area contributed by atoms with E-state index in [4.69, 9.17) is 10.00 Å². The number of nitrogens with zero attached hydrogens (tertiary/aromatic N) is 1. The van der Waals surface area contributed by atoms with Crippen molar-refractivity contribution in [2.24, 2.45) is 0 Å². The van der Waals surface area contributed by atoms with Crippen molar-refractivity contribution in [1.29, 1.82) is 5.26 Å². The van der Waals surface area contributed by atoms with Crippen molar-refractivity contribution < 1.29 is 4.74 Å². The fourth-order valence-corrected chi connectivity index (χ4v) is 1.12. The molecular weight excluding hydrogens is 150 g/mol. The van der Waals surface area contributed by atoms with E-state index in [2.05, 4.69) is 6.07 Å². The van der Waals surface area contributed by atoms with Gasteiger partial charge >= 0.3 is 0 Å². The van der Waals surface area contributed by atoms with Gasteiger partial charge < -0.3 is 4.74 Å². The molecule has 0 aliphatic rings. The van der Waals surface area contributed by atoms with Gasteiger partial charge in [-0.25, -0.2) is 0 Å². The Balaban J connectivity index is 3.07. The van der Waals surface area contributed by atoms with Gasteiger partial charge in [0.2, 0.25) is 0 Å². The van der Waals surface area contributed by atoms with E-state index < -0.39 is 0 Å². The Bertz CT molecular complexity index is 312. The summed E-state index contributed by atoms with van der Waals surface area (Å²) in [5.74, 6) is 0. The predicted molar refractivity (Wildman–Crippen MR) is 46.6 cm³/mol. The van der Waals surface area contributed by atoms with Crippen LogP contribution < -0.4 is 0 Å². The zero-order valence-electron chi connectivity index (χ0n) is 7.29. The van der Waals surface area contributed by atoms with Gasteiger partial charge in [-0.1, -0.05) is 12.1 Å². The largest absolute Gasteiger partial charge is 0.380 e. The molecule has 0 saturated carbocycles. The van der Waals surface area contributed by atoms with Crippen LogP contribution in [-0.4, -0.2) is 7.11 Å². The predicted octanol–water partition coefficient (Wildman–Crippen LogP) is 2.01. The lowest BCUT2D eigenvalue weighted by molar-refractivity contribution is 0.184. The van der Waals surface area contributed by atoms with Gasteiger partial charge in [-0.15, -0.1) is 0 Å². The molecule has 1 rings (SSSR count). The van der Waals surface area contributed by atoms with E-state index >= 15 is 0 Å². The van der Waals surface area contributed by atoms with Gasteiger partial charge in [0.05, 0.1) is 18.2 Å².